The summed E-state index contributed by atoms with van der Waals surface area (Å²) >= 11 is 5.14. The van der Waals surface area contributed by atoms with Gasteiger partial charge < -0.3 is 15.4 Å². The number of rotatable bonds is 2. The van der Waals surface area contributed by atoms with Crippen LogP contribution in [0.3, 0.4) is 0 Å². The Labute approximate surface area is 105 Å². The van der Waals surface area contributed by atoms with E-state index in [1.807, 2.05) is 31.2 Å². The molecule has 2 N–H and O–H groups in total. The molecule has 1 aliphatic rings. The highest BCUT2D eigenvalue weighted by Crippen LogP contribution is 2.10. The molecule has 2 rings (SSSR count). The van der Waals surface area contributed by atoms with Crippen LogP contribution in [0, 0.1) is 6.92 Å². The normalized spacial score (nSPS) is 18.6. The van der Waals surface area contributed by atoms with Gasteiger partial charge in [0, 0.05) is 12.1 Å². The Morgan fingerprint density at radius 1 is 1.53 bits per heavy atom. The Hall–Kier alpha value is -1.62. The van der Waals surface area contributed by atoms with Crippen LogP contribution in [-0.4, -0.2) is 23.7 Å². The Morgan fingerprint density at radius 2 is 2.35 bits per heavy atom. The first-order valence-electron chi connectivity index (χ1n) is 5.46. The molecular formula is C12H14N2O2S. The van der Waals surface area contributed by atoms with Crippen LogP contribution in [0.2, 0.25) is 0 Å². The molecule has 0 bridgehead atoms. The highest BCUT2D eigenvalue weighted by molar-refractivity contribution is 7.80. The van der Waals surface area contributed by atoms with Crippen molar-refractivity contribution in [1.29, 1.82) is 0 Å². The maximum absolute atomic E-state index is 11.2. The van der Waals surface area contributed by atoms with Crippen LogP contribution in [0.1, 0.15) is 12.0 Å². The van der Waals surface area contributed by atoms with Gasteiger partial charge in [-0.2, -0.15) is 0 Å². The highest BCUT2D eigenvalue weighted by atomic mass is 32.1. The molecule has 0 aliphatic carbocycles. The van der Waals surface area contributed by atoms with Gasteiger partial charge in [-0.05, 0) is 36.8 Å². The van der Waals surface area contributed by atoms with Crippen LogP contribution in [-0.2, 0) is 9.53 Å². The summed E-state index contributed by atoms with van der Waals surface area (Å²) in [6.45, 7) is 2.47. The predicted octanol–water partition coefficient (Wildman–Crippen LogP) is 1.60. The van der Waals surface area contributed by atoms with E-state index >= 15 is 0 Å². The molecule has 0 saturated carbocycles. The first-order chi connectivity index (χ1) is 8.15. The molecule has 4 nitrogen and oxygen atoms in total. The van der Waals surface area contributed by atoms with E-state index in [4.69, 9.17) is 17.0 Å². The van der Waals surface area contributed by atoms with Crippen molar-refractivity contribution < 1.29 is 9.53 Å². The van der Waals surface area contributed by atoms with Crippen molar-refractivity contribution in [3.8, 4) is 0 Å². The van der Waals surface area contributed by atoms with E-state index in [9.17, 15) is 4.79 Å². The molecule has 0 spiro atoms. The summed E-state index contributed by atoms with van der Waals surface area (Å²) in [5.41, 5.74) is 2.06. The standard InChI is InChI=1S/C12H14N2O2S/c1-8-3-2-4-9(7-8)13-12(17)14-10-5-6-16-11(10)15/h2-4,7,10H,5-6H2,1H3,(H2,13,14,17)/t10-/m0/s1. The van der Waals surface area contributed by atoms with Crippen molar-refractivity contribution >= 4 is 29.0 Å². The molecule has 1 heterocycles. The average Bonchev–Trinajstić information content (AvgIpc) is 2.64. The van der Waals surface area contributed by atoms with Crippen molar-refractivity contribution in [3.05, 3.63) is 29.8 Å². The molecule has 1 fully saturated rings. The zero-order valence-corrected chi connectivity index (χ0v) is 10.3. The number of benzene rings is 1. The lowest BCUT2D eigenvalue weighted by atomic mass is 10.2. The van der Waals surface area contributed by atoms with E-state index in [-0.39, 0.29) is 12.0 Å². The summed E-state index contributed by atoms with van der Waals surface area (Å²) in [6, 6.07) is 7.55. The SMILES string of the molecule is Cc1cccc(NC(=S)N[C@H]2CCOC2=O)c1. The number of cyclic esters (lactones) is 1. The number of carbonyl (C=O) groups excluding carboxylic acids is 1. The summed E-state index contributed by atoms with van der Waals surface area (Å²) in [4.78, 5) is 11.2. The first-order valence-corrected chi connectivity index (χ1v) is 5.87. The molecule has 90 valence electrons. The zero-order chi connectivity index (χ0) is 12.3. The van der Waals surface area contributed by atoms with Crippen molar-refractivity contribution in [1.82, 2.24) is 5.32 Å². The van der Waals surface area contributed by atoms with Crippen LogP contribution in [0.25, 0.3) is 0 Å². The summed E-state index contributed by atoms with van der Waals surface area (Å²) in [5, 5.41) is 6.43. The van der Waals surface area contributed by atoms with Gasteiger partial charge in [-0.3, -0.25) is 0 Å². The molecule has 5 heteroatoms. The van der Waals surface area contributed by atoms with Gasteiger partial charge >= 0.3 is 5.97 Å². The van der Waals surface area contributed by atoms with Gasteiger partial charge in [-0.1, -0.05) is 12.1 Å². The van der Waals surface area contributed by atoms with Gasteiger partial charge in [0.2, 0.25) is 0 Å². The first kappa shape index (κ1) is 11.9. The molecule has 0 unspecified atom stereocenters. The van der Waals surface area contributed by atoms with Crippen LogP contribution in [0.4, 0.5) is 5.69 Å². The minimum absolute atomic E-state index is 0.238. The van der Waals surface area contributed by atoms with E-state index in [0.717, 1.165) is 11.3 Å². The quantitative estimate of drug-likeness (QED) is 0.617. The molecular weight excluding hydrogens is 236 g/mol. The second-order valence-electron chi connectivity index (χ2n) is 3.98. The number of carbonyl (C=O) groups is 1. The average molecular weight is 250 g/mol. The largest absolute Gasteiger partial charge is 0.464 e. The Bertz CT molecular complexity index is 448. The third kappa shape index (κ3) is 3.17. The minimum atomic E-state index is -0.320. The summed E-state index contributed by atoms with van der Waals surface area (Å²) in [6.07, 6.45) is 0.661. The van der Waals surface area contributed by atoms with Crippen molar-refractivity contribution in [2.45, 2.75) is 19.4 Å². The molecule has 1 aromatic rings. The topological polar surface area (TPSA) is 50.4 Å². The second kappa shape index (κ2) is 5.14. The molecule has 1 aromatic carbocycles. The van der Waals surface area contributed by atoms with Gasteiger partial charge in [0.15, 0.2) is 5.11 Å². The fraction of sp³-hybridized carbons (Fsp3) is 0.333. The molecule has 17 heavy (non-hydrogen) atoms. The van der Waals surface area contributed by atoms with Crippen molar-refractivity contribution in [2.75, 3.05) is 11.9 Å². The van der Waals surface area contributed by atoms with E-state index in [2.05, 4.69) is 10.6 Å². The lowest BCUT2D eigenvalue weighted by molar-refractivity contribution is -0.139. The number of ether oxygens (including phenoxy) is 1. The van der Waals surface area contributed by atoms with Gasteiger partial charge in [-0.25, -0.2) is 4.79 Å². The number of nitrogens with one attached hydrogen (secondary N) is 2. The van der Waals surface area contributed by atoms with E-state index in [1.165, 1.54) is 0 Å². The highest BCUT2D eigenvalue weighted by Gasteiger charge is 2.26. The number of hydrogen-bond donors (Lipinski definition) is 2. The van der Waals surface area contributed by atoms with Crippen LogP contribution in [0.5, 0.6) is 0 Å². The van der Waals surface area contributed by atoms with Gasteiger partial charge in [0.25, 0.3) is 0 Å². The van der Waals surface area contributed by atoms with Crippen LogP contribution < -0.4 is 10.6 Å². The molecule has 0 radical (unpaired) electrons. The predicted molar refractivity (Wildman–Crippen MR) is 69.9 cm³/mol. The van der Waals surface area contributed by atoms with Gasteiger partial charge in [0.05, 0.1) is 6.61 Å². The van der Waals surface area contributed by atoms with Crippen LogP contribution in [0.15, 0.2) is 24.3 Å². The number of anilines is 1. The smallest absolute Gasteiger partial charge is 0.328 e. The fourth-order valence-corrected chi connectivity index (χ4v) is 1.94. The minimum Gasteiger partial charge on any atom is -0.464 e. The van der Waals surface area contributed by atoms with Gasteiger partial charge in [-0.15, -0.1) is 0 Å². The maximum Gasteiger partial charge on any atom is 0.328 e. The zero-order valence-electron chi connectivity index (χ0n) is 9.53. The van der Waals surface area contributed by atoms with Crippen molar-refractivity contribution in [2.24, 2.45) is 0 Å². The van der Waals surface area contributed by atoms with Gasteiger partial charge in [0.1, 0.15) is 6.04 Å². The molecule has 1 atom stereocenters. The molecule has 1 aliphatic heterocycles. The number of hydrogen-bond acceptors (Lipinski definition) is 3. The van der Waals surface area contributed by atoms with Crippen LogP contribution >= 0.6 is 12.2 Å². The van der Waals surface area contributed by atoms with E-state index < -0.39 is 0 Å². The summed E-state index contributed by atoms with van der Waals surface area (Å²) in [5.74, 6) is -0.238. The molecule has 1 saturated heterocycles. The third-order valence-electron chi connectivity index (χ3n) is 2.52. The lowest BCUT2D eigenvalue weighted by Crippen LogP contribution is -2.40. The maximum atomic E-state index is 11.2. The third-order valence-corrected chi connectivity index (χ3v) is 2.74. The Morgan fingerprint density at radius 3 is 3.00 bits per heavy atom. The number of aryl methyl sites for hydroxylation is 1. The summed E-state index contributed by atoms with van der Waals surface area (Å²) in [7, 11) is 0. The molecule has 0 aromatic heterocycles. The number of thiocarbonyl (C=S) groups is 1. The Kier molecular flexibility index (Phi) is 3.58. The summed E-state index contributed by atoms with van der Waals surface area (Å²) < 4.78 is 4.85. The Balaban J connectivity index is 1.91. The monoisotopic (exact) mass is 250 g/mol. The van der Waals surface area contributed by atoms with E-state index in [1.54, 1.807) is 0 Å². The second-order valence-corrected chi connectivity index (χ2v) is 4.38. The number of esters is 1. The molecule has 0 amide bonds. The lowest BCUT2D eigenvalue weighted by Gasteiger charge is -2.13. The van der Waals surface area contributed by atoms with E-state index in [0.29, 0.717) is 18.1 Å². The van der Waals surface area contributed by atoms with Crippen molar-refractivity contribution in [3.63, 3.8) is 0 Å². The fourth-order valence-electron chi connectivity index (χ4n) is 1.68.